The van der Waals surface area contributed by atoms with Crippen LogP contribution in [0.15, 0.2) is 48.8 Å². The van der Waals surface area contributed by atoms with Crippen LogP contribution in [0.25, 0.3) is 0 Å². The number of hydrogen-bond acceptors (Lipinski definition) is 3. The van der Waals surface area contributed by atoms with Gasteiger partial charge in [0.25, 0.3) is 0 Å². The molecule has 100 valence electrons. The Labute approximate surface area is 114 Å². The van der Waals surface area contributed by atoms with Crippen molar-refractivity contribution in [3.8, 4) is 5.75 Å². The van der Waals surface area contributed by atoms with Crippen LogP contribution in [0.4, 0.5) is 0 Å². The molecule has 0 aliphatic carbocycles. The first-order valence-corrected chi connectivity index (χ1v) is 6.44. The van der Waals surface area contributed by atoms with Crippen LogP contribution in [-0.2, 0) is 5.60 Å². The van der Waals surface area contributed by atoms with E-state index in [0.29, 0.717) is 0 Å². The lowest BCUT2D eigenvalue weighted by atomic mass is 9.99. The third-order valence-electron chi connectivity index (χ3n) is 3.15. The van der Waals surface area contributed by atoms with E-state index in [1.165, 1.54) is 0 Å². The standard InChI is InChI=1S/C16H20N2O/c1-12(17)13-4-6-15(7-5-13)19-16(2,3)14-8-10-18-11-9-14/h4-12H,17H2,1-3H3. The van der Waals surface area contributed by atoms with E-state index < -0.39 is 5.60 Å². The SMILES string of the molecule is CC(N)c1ccc(OC(C)(C)c2ccncc2)cc1. The maximum absolute atomic E-state index is 6.05. The van der Waals surface area contributed by atoms with Gasteiger partial charge in [-0.3, -0.25) is 4.98 Å². The molecule has 1 atom stereocenters. The molecule has 0 amide bonds. The highest BCUT2D eigenvalue weighted by Gasteiger charge is 2.22. The highest BCUT2D eigenvalue weighted by atomic mass is 16.5. The summed E-state index contributed by atoms with van der Waals surface area (Å²) < 4.78 is 6.05. The molecule has 1 unspecified atom stereocenters. The molecule has 3 nitrogen and oxygen atoms in total. The molecule has 2 aromatic rings. The average Bonchev–Trinajstić information content (AvgIpc) is 2.40. The van der Waals surface area contributed by atoms with Crippen LogP contribution >= 0.6 is 0 Å². The zero-order chi connectivity index (χ0) is 13.9. The van der Waals surface area contributed by atoms with E-state index in [0.717, 1.165) is 16.9 Å². The molecule has 1 aromatic carbocycles. The molecular formula is C16H20N2O. The fourth-order valence-electron chi connectivity index (χ4n) is 1.95. The van der Waals surface area contributed by atoms with E-state index in [-0.39, 0.29) is 6.04 Å². The molecule has 0 radical (unpaired) electrons. The quantitative estimate of drug-likeness (QED) is 0.911. The van der Waals surface area contributed by atoms with Crippen LogP contribution in [0.2, 0.25) is 0 Å². The molecule has 1 heterocycles. The van der Waals surface area contributed by atoms with E-state index >= 15 is 0 Å². The molecule has 2 N–H and O–H groups in total. The Bertz CT molecular complexity index is 518. The molecule has 0 aliphatic heterocycles. The summed E-state index contributed by atoms with van der Waals surface area (Å²) in [6, 6.07) is 11.9. The van der Waals surface area contributed by atoms with Crippen LogP contribution in [0.3, 0.4) is 0 Å². The van der Waals surface area contributed by atoms with Gasteiger partial charge in [-0.2, -0.15) is 0 Å². The Morgan fingerprint density at radius 1 is 1.05 bits per heavy atom. The van der Waals surface area contributed by atoms with Crippen molar-refractivity contribution in [2.45, 2.75) is 32.4 Å². The van der Waals surface area contributed by atoms with Crippen molar-refractivity contribution >= 4 is 0 Å². The highest BCUT2D eigenvalue weighted by molar-refractivity contribution is 5.30. The lowest BCUT2D eigenvalue weighted by Crippen LogP contribution is -2.25. The zero-order valence-corrected chi connectivity index (χ0v) is 11.6. The Hall–Kier alpha value is -1.87. The Balaban J connectivity index is 2.16. The first-order chi connectivity index (χ1) is 8.99. The van der Waals surface area contributed by atoms with Crippen LogP contribution in [0, 0.1) is 0 Å². The molecule has 0 spiro atoms. The monoisotopic (exact) mass is 256 g/mol. The summed E-state index contributed by atoms with van der Waals surface area (Å²) in [7, 11) is 0. The van der Waals surface area contributed by atoms with Crippen LogP contribution in [0.1, 0.15) is 37.9 Å². The third-order valence-corrected chi connectivity index (χ3v) is 3.15. The highest BCUT2D eigenvalue weighted by Crippen LogP contribution is 2.27. The lowest BCUT2D eigenvalue weighted by Gasteiger charge is -2.27. The number of pyridine rings is 1. The number of aromatic nitrogens is 1. The second kappa shape index (κ2) is 5.41. The number of nitrogens with zero attached hydrogens (tertiary/aromatic N) is 1. The van der Waals surface area contributed by atoms with E-state index in [1.54, 1.807) is 12.4 Å². The summed E-state index contributed by atoms with van der Waals surface area (Å²) in [6.07, 6.45) is 3.55. The van der Waals surface area contributed by atoms with Crippen molar-refractivity contribution in [2.75, 3.05) is 0 Å². The topological polar surface area (TPSA) is 48.1 Å². The number of nitrogens with two attached hydrogens (primary N) is 1. The van der Waals surface area contributed by atoms with E-state index in [1.807, 2.05) is 57.2 Å². The van der Waals surface area contributed by atoms with Gasteiger partial charge in [-0.1, -0.05) is 12.1 Å². The summed E-state index contributed by atoms with van der Waals surface area (Å²) in [4.78, 5) is 4.03. The van der Waals surface area contributed by atoms with Gasteiger partial charge >= 0.3 is 0 Å². The van der Waals surface area contributed by atoms with Crippen molar-refractivity contribution in [3.05, 3.63) is 59.9 Å². The van der Waals surface area contributed by atoms with Crippen LogP contribution in [0.5, 0.6) is 5.75 Å². The molecular weight excluding hydrogens is 236 g/mol. The van der Waals surface area contributed by atoms with Gasteiger partial charge in [0.05, 0.1) is 0 Å². The summed E-state index contributed by atoms with van der Waals surface area (Å²) in [6.45, 7) is 6.06. The summed E-state index contributed by atoms with van der Waals surface area (Å²) in [5.41, 5.74) is 7.65. The average molecular weight is 256 g/mol. The van der Waals surface area contributed by atoms with Gasteiger partial charge in [0, 0.05) is 18.4 Å². The molecule has 0 fully saturated rings. The number of rotatable bonds is 4. The van der Waals surface area contributed by atoms with E-state index in [2.05, 4.69) is 4.98 Å². The number of hydrogen-bond donors (Lipinski definition) is 1. The summed E-state index contributed by atoms with van der Waals surface area (Å²) >= 11 is 0. The maximum atomic E-state index is 6.05. The normalized spacial score (nSPS) is 13.1. The minimum atomic E-state index is -0.390. The fourth-order valence-corrected chi connectivity index (χ4v) is 1.95. The van der Waals surface area contributed by atoms with Crippen molar-refractivity contribution in [3.63, 3.8) is 0 Å². The minimum Gasteiger partial charge on any atom is -0.483 e. The fraction of sp³-hybridized carbons (Fsp3) is 0.312. The molecule has 19 heavy (non-hydrogen) atoms. The number of benzene rings is 1. The van der Waals surface area contributed by atoms with Crippen molar-refractivity contribution in [1.82, 2.24) is 4.98 Å². The van der Waals surface area contributed by atoms with Crippen molar-refractivity contribution < 1.29 is 4.74 Å². The predicted molar refractivity (Wildman–Crippen MR) is 76.9 cm³/mol. The second-order valence-electron chi connectivity index (χ2n) is 5.21. The maximum Gasteiger partial charge on any atom is 0.128 e. The Morgan fingerprint density at radius 2 is 1.63 bits per heavy atom. The van der Waals surface area contributed by atoms with E-state index in [4.69, 9.17) is 10.5 Å². The van der Waals surface area contributed by atoms with Crippen LogP contribution in [-0.4, -0.2) is 4.98 Å². The van der Waals surface area contributed by atoms with Crippen molar-refractivity contribution in [2.24, 2.45) is 5.73 Å². The van der Waals surface area contributed by atoms with E-state index in [9.17, 15) is 0 Å². The second-order valence-corrected chi connectivity index (χ2v) is 5.21. The molecule has 1 aromatic heterocycles. The van der Waals surface area contributed by atoms with Gasteiger partial charge in [0.15, 0.2) is 0 Å². The van der Waals surface area contributed by atoms with Gasteiger partial charge in [-0.05, 0) is 56.2 Å². The molecule has 2 rings (SSSR count). The largest absolute Gasteiger partial charge is 0.483 e. The molecule has 0 aliphatic rings. The first-order valence-electron chi connectivity index (χ1n) is 6.44. The lowest BCUT2D eigenvalue weighted by molar-refractivity contribution is 0.108. The molecule has 3 heteroatoms. The van der Waals surface area contributed by atoms with Gasteiger partial charge in [-0.25, -0.2) is 0 Å². The predicted octanol–water partition coefficient (Wildman–Crippen LogP) is 3.42. The third kappa shape index (κ3) is 3.32. The van der Waals surface area contributed by atoms with Gasteiger partial charge < -0.3 is 10.5 Å². The van der Waals surface area contributed by atoms with Crippen LogP contribution < -0.4 is 10.5 Å². The minimum absolute atomic E-state index is 0.0438. The van der Waals surface area contributed by atoms with Crippen molar-refractivity contribution in [1.29, 1.82) is 0 Å². The molecule has 0 saturated heterocycles. The Kier molecular flexibility index (Phi) is 3.86. The van der Waals surface area contributed by atoms with Gasteiger partial charge in [-0.15, -0.1) is 0 Å². The Morgan fingerprint density at radius 3 is 2.16 bits per heavy atom. The number of ether oxygens (including phenoxy) is 1. The van der Waals surface area contributed by atoms with Gasteiger partial charge in [0.2, 0.25) is 0 Å². The molecule has 0 saturated carbocycles. The van der Waals surface area contributed by atoms with Gasteiger partial charge in [0.1, 0.15) is 11.4 Å². The summed E-state index contributed by atoms with van der Waals surface area (Å²) in [5, 5.41) is 0. The first kappa shape index (κ1) is 13.6. The zero-order valence-electron chi connectivity index (χ0n) is 11.6. The smallest absolute Gasteiger partial charge is 0.128 e. The molecule has 0 bridgehead atoms. The summed E-state index contributed by atoms with van der Waals surface area (Å²) in [5.74, 6) is 0.839.